The van der Waals surface area contributed by atoms with Crippen LogP contribution in [0.5, 0.6) is 5.75 Å². The summed E-state index contributed by atoms with van der Waals surface area (Å²) in [6.07, 6.45) is 3.59. The van der Waals surface area contributed by atoms with Crippen molar-refractivity contribution in [3.8, 4) is 5.75 Å². The Morgan fingerprint density at radius 3 is 1.90 bits per heavy atom. The van der Waals surface area contributed by atoms with Crippen molar-refractivity contribution in [3.63, 3.8) is 0 Å². The topological polar surface area (TPSA) is 371 Å². The summed E-state index contributed by atoms with van der Waals surface area (Å²) in [5.41, 5.74) is 17.4. The molecule has 13 N–H and O–H groups in total. The third-order valence-corrected chi connectivity index (χ3v) is 12.5. The van der Waals surface area contributed by atoms with E-state index in [1.807, 2.05) is 26.0 Å². The summed E-state index contributed by atoms with van der Waals surface area (Å²) in [6.45, 7) is 21.8. The van der Waals surface area contributed by atoms with E-state index in [-0.39, 0.29) is 64.2 Å². The van der Waals surface area contributed by atoms with Crippen molar-refractivity contribution >= 4 is 64.9 Å². The first-order valence-corrected chi connectivity index (χ1v) is 26.0. The molecule has 1 aromatic carbocycles. The van der Waals surface area contributed by atoms with E-state index in [0.29, 0.717) is 30.6 Å². The monoisotopic (exact) mass is 1080 g/mol. The van der Waals surface area contributed by atoms with Crippen molar-refractivity contribution in [2.24, 2.45) is 50.8 Å². The van der Waals surface area contributed by atoms with E-state index >= 15 is 0 Å². The average Bonchev–Trinajstić information content (AvgIpc) is 3.66. The van der Waals surface area contributed by atoms with Crippen molar-refractivity contribution in [1.29, 1.82) is 5.41 Å². The maximum atomic E-state index is 13.7. The fourth-order valence-electron chi connectivity index (χ4n) is 7.91. The van der Waals surface area contributed by atoms with Gasteiger partial charge in [0.25, 0.3) is 11.8 Å². The maximum Gasteiger partial charge on any atom is 0.254 e. The highest BCUT2D eigenvalue weighted by atomic mass is 16.5. The van der Waals surface area contributed by atoms with Gasteiger partial charge in [0.05, 0.1) is 44.7 Å². The lowest BCUT2D eigenvalue weighted by atomic mass is 9.89. The number of aliphatic imine (C=N–C) groups is 1. The number of hydrogen-bond donors (Lipinski definition) is 10. The number of carbonyl (C=O) groups excluding carboxylic acids is 9. The Balaban J connectivity index is 1.81. The Morgan fingerprint density at radius 1 is 0.727 bits per heavy atom. The van der Waals surface area contributed by atoms with Crippen LogP contribution in [0.4, 0.5) is 0 Å². The Bertz CT molecular complexity index is 2300. The number of rotatable bonds is 34. The molecule has 77 heavy (non-hydrogen) atoms. The second-order valence-corrected chi connectivity index (χ2v) is 21.5. The van der Waals surface area contributed by atoms with Gasteiger partial charge in [-0.1, -0.05) is 60.6 Å². The van der Waals surface area contributed by atoms with Gasteiger partial charge in [0.2, 0.25) is 47.2 Å². The van der Waals surface area contributed by atoms with E-state index in [0.717, 1.165) is 41.0 Å². The quantitative estimate of drug-likeness (QED) is 0.0194. The van der Waals surface area contributed by atoms with Crippen molar-refractivity contribution in [2.75, 3.05) is 52.6 Å². The summed E-state index contributed by atoms with van der Waals surface area (Å²) in [7, 11) is 0. The molecule has 0 aromatic heterocycles. The Kier molecular flexibility index (Phi) is 27.1. The molecule has 0 fully saturated rings. The highest BCUT2D eigenvalue weighted by Crippen LogP contribution is 2.26. The highest BCUT2D eigenvalue weighted by molar-refractivity contribution is 6.15. The molecule has 1 aromatic rings. The smallest absolute Gasteiger partial charge is 0.254 e. The molecular formula is C53H86N12O12. The van der Waals surface area contributed by atoms with Gasteiger partial charge in [-0.05, 0) is 76.0 Å². The molecule has 9 amide bonds. The van der Waals surface area contributed by atoms with Crippen molar-refractivity contribution in [1.82, 2.24) is 36.8 Å². The summed E-state index contributed by atoms with van der Waals surface area (Å²) in [5.74, 6) is -5.50. The van der Waals surface area contributed by atoms with Crippen LogP contribution in [0, 0.1) is 40.9 Å². The fourth-order valence-corrected chi connectivity index (χ4v) is 7.91. The zero-order valence-corrected chi connectivity index (χ0v) is 47.0. The van der Waals surface area contributed by atoms with Crippen LogP contribution in [0.2, 0.25) is 0 Å². The van der Waals surface area contributed by atoms with Gasteiger partial charge in [-0.3, -0.25) is 58.5 Å². The van der Waals surface area contributed by atoms with E-state index in [1.54, 1.807) is 40.7 Å². The van der Waals surface area contributed by atoms with Crippen LogP contribution < -0.4 is 53.8 Å². The van der Waals surface area contributed by atoms with Gasteiger partial charge in [-0.2, -0.15) is 0 Å². The van der Waals surface area contributed by atoms with E-state index in [1.165, 1.54) is 27.7 Å². The third-order valence-electron chi connectivity index (χ3n) is 12.5. The van der Waals surface area contributed by atoms with Crippen molar-refractivity contribution < 1.29 is 57.4 Å². The number of benzene rings is 1. The van der Waals surface area contributed by atoms with Crippen LogP contribution in [0.15, 0.2) is 35.3 Å². The van der Waals surface area contributed by atoms with Crippen molar-refractivity contribution in [3.05, 3.63) is 41.5 Å². The second-order valence-electron chi connectivity index (χ2n) is 21.5. The van der Waals surface area contributed by atoms with Gasteiger partial charge in [0.15, 0.2) is 0 Å². The van der Waals surface area contributed by atoms with Crippen LogP contribution >= 0.6 is 0 Å². The highest BCUT2D eigenvalue weighted by Gasteiger charge is 2.42. The number of nitrogens with zero attached hydrogens (tertiary/aromatic N) is 2. The van der Waals surface area contributed by atoms with Crippen LogP contribution in [-0.4, -0.2) is 153 Å². The number of primary amides is 1. The van der Waals surface area contributed by atoms with E-state index in [9.17, 15) is 43.2 Å². The fraction of sp³-hybridized carbons (Fsp3) is 0.642. The molecule has 1 aliphatic heterocycles. The van der Waals surface area contributed by atoms with Gasteiger partial charge in [0.1, 0.15) is 36.0 Å². The van der Waals surface area contributed by atoms with Gasteiger partial charge in [-0.25, -0.2) is 0 Å². The number of nitrogens with one attached hydrogen (secondary N) is 7. The third kappa shape index (κ3) is 23.6. The van der Waals surface area contributed by atoms with Crippen LogP contribution in [-0.2, 0) is 59.0 Å². The van der Waals surface area contributed by atoms with E-state index < -0.39 is 100 Å². The standard InChI is InChI=1S/C53H86N12O12/c1-30(23-32(3)45(55)58-19-18-54)24-38-13-14-39(31(2)25-38)77-47(57)35(6)64-50(73)36(7)61-40(66)17-21-75-22-20-59-48(71)33(4)44(65-42(68)15-16-43(65)69)51(74)60-27-53(11,12)29-76-28-52(9,10)26-41(67)62-37(8)49(72)63-34(5)46(56)70/h13-16,25,30,32-37,44,57H,17-24,26-29,54H2,1-12H3,(H2,55,58)(H2,56,70)(H,59,71)(H,60,74)(H,61,66)(H,62,67)(H,63,72)(H,64,73)/t30-,32?,33?,34?,35?,36?,37?,44?/m1/s1. The first-order valence-electron chi connectivity index (χ1n) is 26.0. The van der Waals surface area contributed by atoms with Gasteiger partial charge < -0.3 is 63.3 Å². The molecule has 0 radical (unpaired) electrons. The SMILES string of the molecule is Cc1cc(C[C@H](C)CC(C)C(N)=NCCN)ccc1OC(=N)C(C)NC(=O)C(C)NC(=O)CCOCCNC(=O)C(C)C(C(=O)NCC(C)(C)COCC(C)(C)CC(=O)NC(C)C(=O)NC(C)C(N)=O)N1C(=O)C=CC1=O. The Labute approximate surface area is 452 Å². The molecule has 2 rings (SSSR count). The normalized spacial score (nSPS) is 16.0. The molecule has 1 heterocycles. The minimum absolute atomic E-state index is 0.00107. The maximum absolute atomic E-state index is 13.7. The van der Waals surface area contributed by atoms with Gasteiger partial charge >= 0.3 is 0 Å². The van der Waals surface area contributed by atoms with E-state index in [4.69, 9.17) is 36.8 Å². The minimum atomic E-state index is -1.51. The van der Waals surface area contributed by atoms with Crippen molar-refractivity contribution in [2.45, 2.75) is 139 Å². The lowest BCUT2D eigenvalue weighted by Crippen LogP contribution is -2.57. The molecule has 0 saturated heterocycles. The number of carbonyl (C=O) groups is 9. The molecule has 0 bridgehead atoms. The average molecular weight is 1080 g/mol. The number of amides is 9. The van der Waals surface area contributed by atoms with Gasteiger partial charge in [-0.15, -0.1) is 0 Å². The summed E-state index contributed by atoms with van der Waals surface area (Å²) >= 11 is 0. The van der Waals surface area contributed by atoms with Crippen LogP contribution in [0.3, 0.4) is 0 Å². The summed E-state index contributed by atoms with van der Waals surface area (Å²) in [5, 5.41) is 24.2. The molecule has 7 unspecified atom stereocenters. The Hall–Kier alpha value is -6.79. The predicted octanol–water partition coefficient (Wildman–Crippen LogP) is 0.404. The van der Waals surface area contributed by atoms with Crippen LogP contribution in [0.25, 0.3) is 0 Å². The number of imide groups is 1. The molecule has 24 nitrogen and oxygen atoms in total. The molecule has 0 saturated carbocycles. The van der Waals surface area contributed by atoms with Gasteiger partial charge in [0, 0.05) is 56.0 Å². The van der Waals surface area contributed by atoms with E-state index in [2.05, 4.69) is 43.8 Å². The first kappa shape index (κ1) is 66.3. The number of nitrogens with two attached hydrogens (primary N) is 3. The number of amidine groups is 1. The van der Waals surface area contributed by atoms with Crippen LogP contribution in [0.1, 0.15) is 107 Å². The largest absolute Gasteiger partial charge is 0.441 e. The lowest BCUT2D eigenvalue weighted by molar-refractivity contribution is -0.149. The number of hydrogen-bond acceptors (Lipinski definition) is 15. The summed E-state index contributed by atoms with van der Waals surface area (Å²) in [6, 6.07) is 0.641. The molecule has 1 aliphatic rings. The number of ether oxygens (including phenoxy) is 3. The molecule has 430 valence electrons. The zero-order valence-electron chi connectivity index (χ0n) is 47.0. The molecule has 0 spiro atoms. The molecule has 0 aliphatic carbocycles. The second kappa shape index (κ2) is 31.4. The lowest BCUT2D eigenvalue weighted by Gasteiger charge is -2.32. The molecule has 24 heteroatoms. The summed E-state index contributed by atoms with van der Waals surface area (Å²) in [4.78, 5) is 120. The predicted molar refractivity (Wildman–Crippen MR) is 290 cm³/mol. The summed E-state index contributed by atoms with van der Waals surface area (Å²) < 4.78 is 17.3. The number of aryl methyl sites for hydroxylation is 1. The zero-order chi connectivity index (χ0) is 58.4. The Morgan fingerprint density at radius 2 is 1.31 bits per heavy atom. The first-order chi connectivity index (χ1) is 35.9. The molecule has 8 atom stereocenters. The minimum Gasteiger partial charge on any atom is -0.441 e. The molecular weight excluding hydrogens is 997 g/mol.